The zero-order valence-corrected chi connectivity index (χ0v) is 9.67. The largest absolute Gasteiger partial charge is 0.312 e. The van der Waals surface area contributed by atoms with Crippen molar-refractivity contribution in [3.8, 4) is 0 Å². The fourth-order valence-corrected chi connectivity index (χ4v) is 3.36. The summed E-state index contributed by atoms with van der Waals surface area (Å²) in [5.41, 5.74) is 3.16. The Morgan fingerprint density at radius 2 is 2.53 bits per heavy atom. The Morgan fingerprint density at radius 3 is 3.33 bits per heavy atom. The first-order valence-corrected chi connectivity index (χ1v) is 6.69. The summed E-state index contributed by atoms with van der Waals surface area (Å²) in [5.74, 6) is 0.886. The third kappa shape index (κ3) is 2.07. The van der Waals surface area contributed by atoms with Gasteiger partial charge in [0.05, 0.1) is 11.2 Å². The van der Waals surface area contributed by atoms with E-state index in [2.05, 4.69) is 20.6 Å². The molecule has 2 unspecified atom stereocenters. The van der Waals surface area contributed by atoms with Crippen LogP contribution >= 0.6 is 11.3 Å². The first-order chi connectivity index (χ1) is 7.42. The van der Waals surface area contributed by atoms with E-state index >= 15 is 0 Å². The molecule has 15 heavy (non-hydrogen) atoms. The van der Waals surface area contributed by atoms with Gasteiger partial charge in [0.1, 0.15) is 0 Å². The van der Waals surface area contributed by atoms with E-state index in [4.69, 9.17) is 0 Å². The van der Waals surface area contributed by atoms with Crippen molar-refractivity contribution in [1.29, 1.82) is 0 Å². The van der Waals surface area contributed by atoms with Gasteiger partial charge < -0.3 is 5.32 Å². The zero-order valence-electron chi connectivity index (χ0n) is 8.85. The molecule has 2 saturated heterocycles. The van der Waals surface area contributed by atoms with Crippen LogP contribution < -0.4 is 5.32 Å². The number of piperidine rings is 1. The van der Waals surface area contributed by atoms with Gasteiger partial charge in [-0.2, -0.15) is 0 Å². The molecule has 0 saturated carbocycles. The molecule has 82 valence electrons. The molecular weight excluding hydrogens is 206 g/mol. The highest BCUT2D eigenvalue weighted by Crippen LogP contribution is 2.25. The Bertz CT molecular complexity index is 298. The maximum atomic E-state index is 4.35. The van der Waals surface area contributed by atoms with Gasteiger partial charge in [-0.1, -0.05) is 0 Å². The van der Waals surface area contributed by atoms with Gasteiger partial charge in [0.2, 0.25) is 0 Å². The fourth-order valence-electron chi connectivity index (χ4n) is 2.81. The van der Waals surface area contributed by atoms with Gasteiger partial charge in [0.15, 0.2) is 0 Å². The average Bonchev–Trinajstić information content (AvgIpc) is 2.86. The molecule has 0 aliphatic carbocycles. The summed E-state index contributed by atoms with van der Waals surface area (Å²) in [6.07, 6.45) is 2.76. The number of hydrogen-bond acceptors (Lipinski definition) is 4. The fraction of sp³-hybridized carbons (Fsp3) is 0.727. The van der Waals surface area contributed by atoms with Crippen LogP contribution in [0.5, 0.6) is 0 Å². The number of rotatable bonds is 2. The molecular formula is C11H17N3S. The van der Waals surface area contributed by atoms with Crippen LogP contribution in [0, 0.1) is 5.92 Å². The second-order valence-corrected chi connectivity index (χ2v) is 5.36. The summed E-state index contributed by atoms with van der Waals surface area (Å²) >= 11 is 1.70. The van der Waals surface area contributed by atoms with Gasteiger partial charge in [-0.25, -0.2) is 4.98 Å². The van der Waals surface area contributed by atoms with Crippen LogP contribution in [0.4, 0.5) is 0 Å². The van der Waals surface area contributed by atoms with Crippen LogP contribution in [0.25, 0.3) is 0 Å². The number of aromatic nitrogens is 1. The van der Waals surface area contributed by atoms with Crippen molar-refractivity contribution in [3.05, 3.63) is 16.6 Å². The smallest absolute Gasteiger partial charge is 0.0795 e. The minimum absolute atomic E-state index is 0.748. The summed E-state index contributed by atoms with van der Waals surface area (Å²) in [6, 6.07) is 0.748. The topological polar surface area (TPSA) is 28.2 Å². The summed E-state index contributed by atoms with van der Waals surface area (Å²) in [4.78, 5) is 6.90. The minimum Gasteiger partial charge on any atom is -0.312 e. The normalized spacial score (nSPS) is 31.7. The molecule has 1 N–H and O–H groups in total. The van der Waals surface area contributed by atoms with Crippen LogP contribution in [0.3, 0.4) is 0 Å². The molecule has 0 bridgehead atoms. The number of nitrogens with one attached hydrogen (secondary N) is 1. The monoisotopic (exact) mass is 223 g/mol. The molecule has 0 spiro atoms. The maximum Gasteiger partial charge on any atom is 0.0795 e. The Balaban J connectivity index is 1.60. The van der Waals surface area contributed by atoms with Crippen molar-refractivity contribution >= 4 is 11.3 Å². The van der Waals surface area contributed by atoms with Crippen LogP contribution in [0.15, 0.2) is 10.9 Å². The molecule has 2 aliphatic rings. The van der Waals surface area contributed by atoms with Crippen LogP contribution in [-0.2, 0) is 6.54 Å². The predicted octanol–water partition coefficient (Wildman–Crippen LogP) is 1.33. The van der Waals surface area contributed by atoms with E-state index in [1.165, 1.54) is 38.2 Å². The Kier molecular flexibility index (Phi) is 2.73. The van der Waals surface area contributed by atoms with Gasteiger partial charge >= 0.3 is 0 Å². The van der Waals surface area contributed by atoms with Gasteiger partial charge in [-0.05, 0) is 25.3 Å². The molecule has 0 amide bonds. The average molecular weight is 223 g/mol. The second-order valence-electron chi connectivity index (χ2n) is 4.64. The molecule has 3 heterocycles. The van der Waals surface area contributed by atoms with E-state index in [0.29, 0.717) is 0 Å². The lowest BCUT2D eigenvalue weighted by Gasteiger charge is -2.24. The van der Waals surface area contributed by atoms with E-state index in [-0.39, 0.29) is 0 Å². The summed E-state index contributed by atoms with van der Waals surface area (Å²) in [6.45, 7) is 4.72. The van der Waals surface area contributed by atoms with Crippen LogP contribution in [0.2, 0.25) is 0 Å². The van der Waals surface area contributed by atoms with Gasteiger partial charge in [-0.15, -0.1) is 11.3 Å². The highest BCUT2D eigenvalue weighted by Gasteiger charge is 2.33. The van der Waals surface area contributed by atoms with Crippen molar-refractivity contribution in [3.63, 3.8) is 0 Å². The highest BCUT2D eigenvalue weighted by molar-refractivity contribution is 7.07. The van der Waals surface area contributed by atoms with Gasteiger partial charge in [-0.3, -0.25) is 4.90 Å². The number of thiazole rings is 1. The van der Waals surface area contributed by atoms with E-state index in [1.54, 1.807) is 11.3 Å². The lowest BCUT2D eigenvalue weighted by Crippen LogP contribution is -2.40. The first-order valence-electron chi connectivity index (χ1n) is 5.74. The number of hydrogen-bond donors (Lipinski definition) is 1. The van der Waals surface area contributed by atoms with Crippen molar-refractivity contribution in [2.45, 2.75) is 25.4 Å². The van der Waals surface area contributed by atoms with Crippen LogP contribution in [-0.4, -0.2) is 35.6 Å². The third-order valence-corrected chi connectivity index (χ3v) is 4.18. The van der Waals surface area contributed by atoms with E-state index < -0.39 is 0 Å². The molecule has 0 aromatic carbocycles. The molecule has 1 aromatic rings. The van der Waals surface area contributed by atoms with Crippen molar-refractivity contribution in [1.82, 2.24) is 15.2 Å². The number of fused-ring (bicyclic) bond motifs is 1. The molecule has 2 atom stereocenters. The molecule has 3 nitrogen and oxygen atoms in total. The van der Waals surface area contributed by atoms with E-state index in [9.17, 15) is 0 Å². The number of likely N-dealkylation sites (tertiary alicyclic amines) is 1. The Labute approximate surface area is 94.5 Å². The number of nitrogens with zero attached hydrogens (tertiary/aromatic N) is 2. The summed E-state index contributed by atoms with van der Waals surface area (Å²) in [5, 5.41) is 5.79. The molecule has 3 rings (SSSR count). The molecule has 4 heteroatoms. The first kappa shape index (κ1) is 9.75. The van der Waals surface area contributed by atoms with Crippen molar-refractivity contribution in [2.24, 2.45) is 5.92 Å². The molecule has 1 aromatic heterocycles. The van der Waals surface area contributed by atoms with E-state index in [0.717, 1.165) is 18.5 Å². The molecule has 0 radical (unpaired) electrons. The quantitative estimate of drug-likeness (QED) is 0.820. The lowest BCUT2D eigenvalue weighted by molar-refractivity contribution is 0.310. The molecule has 2 fully saturated rings. The van der Waals surface area contributed by atoms with Gasteiger partial charge in [0, 0.05) is 31.1 Å². The van der Waals surface area contributed by atoms with Crippen LogP contribution in [0.1, 0.15) is 18.5 Å². The maximum absolute atomic E-state index is 4.35. The third-order valence-electron chi connectivity index (χ3n) is 3.54. The Morgan fingerprint density at radius 1 is 1.53 bits per heavy atom. The SMILES string of the molecule is c1nc(CN2CC3CCCNC3C2)cs1. The highest BCUT2D eigenvalue weighted by atomic mass is 32.1. The van der Waals surface area contributed by atoms with Crippen molar-refractivity contribution in [2.75, 3.05) is 19.6 Å². The minimum atomic E-state index is 0.748. The van der Waals surface area contributed by atoms with Gasteiger partial charge in [0.25, 0.3) is 0 Å². The van der Waals surface area contributed by atoms with Crippen molar-refractivity contribution < 1.29 is 0 Å². The molecule has 2 aliphatic heterocycles. The Hall–Kier alpha value is -0.450. The predicted molar refractivity (Wildman–Crippen MR) is 61.9 cm³/mol. The summed E-state index contributed by atoms with van der Waals surface area (Å²) in [7, 11) is 0. The zero-order chi connectivity index (χ0) is 10.1. The standard InChI is InChI=1S/C11H17N3S/c1-2-9-4-14(6-11(9)12-3-1)5-10-7-15-8-13-10/h7-9,11-12H,1-6H2. The lowest BCUT2D eigenvalue weighted by atomic mass is 9.94. The summed E-state index contributed by atoms with van der Waals surface area (Å²) < 4.78 is 0. The van der Waals surface area contributed by atoms with E-state index in [1.807, 2.05) is 5.51 Å². The second kappa shape index (κ2) is 4.20.